The molecule has 2 aromatic heterocycles. The summed E-state index contributed by atoms with van der Waals surface area (Å²) in [6.45, 7) is 9.61. The smallest absolute Gasteiger partial charge is 0.332 e. The monoisotopic (exact) mass is 607 g/mol. The van der Waals surface area contributed by atoms with Crippen molar-refractivity contribution in [1.29, 1.82) is 0 Å². The van der Waals surface area contributed by atoms with Crippen molar-refractivity contribution in [1.82, 2.24) is 18.7 Å². The minimum atomic E-state index is -0.477. The molecule has 7 nitrogen and oxygen atoms in total. The molecule has 1 N–H and O–H groups in total. The van der Waals surface area contributed by atoms with Gasteiger partial charge in [-0.3, -0.25) is 9.55 Å². The number of hydrogen-bond acceptors (Lipinski definition) is 5. The summed E-state index contributed by atoms with van der Waals surface area (Å²) >= 11 is 6.57. The first kappa shape index (κ1) is 30.1. The quantitative estimate of drug-likeness (QED) is 0.261. The maximum absolute atomic E-state index is 15.0. The number of phenols is 1. The lowest BCUT2D eigenvalue weighted by Gasteiger charge is -2.23. The molecule has 5 rings (SSSR count). The van der Waals surface area contributed by atoms with Gasteiger partial charge in [0.25, 0.3) is 0 Å². The summed E-state index contributed by atoms with van der Waals surface area (Å²) in [7, 11) is 2.76. The van der Waals surface area contributed by atoms with E-state index in [0.29, 0.717) is 44.9 Å². The van der Waals surface area contributed by atoms with Crippen LogP contribution in [0.3, 0.4) is 0 Å². The largest absolute Gasteiger partial charge is 0.507 e. The van der Waals surface area contributed by atoms with Gasteiger partial charge in [-0.25, -0.2) is 9.18 Å². The molecule has 0 aliphatic carbocycles. The Morgan fingerprint density at radius 1 is 1.14 bits per heavy atom. The number of phenolic OH excluding ortho intramolecular Hbond substituents is 1. The lowest BCUT2D eigenvalue weighted by Crippen LogP contribution is -2.29. The molecule has 0 radical (unpaired) electrons. The van der Waals surface area contributed by atoms with Crippen LogP contribution < -0.4 is 10.6 Å². The van der Waals surface area contributed by atoms with E-state index in [1.165, 1.54) is 34.1 Å². The Hall–Kier alpha value is -3.40. The SMILES string of the molecule is Cc1ncc(-c2cc(F)cc(-c3ccc(-n4ccn(C)c4=O)c(Cl)c3)c2O)cc1N1CC[C@@H](CCCN([SiH3])C(C)C)C1. The molecule has 2 aromatic carbocycles. The van der Waals surface area contributed by atoms with Gasteiger partial charge in [0.1, 0.15) is 11.6 Å². The van der Waals surface area contributed by atoms with E-state index in [-0.39, 0.29) is 11.4 Å². The van der Waals surface area contributed by atoms with Crippen molar-refractivity contribution < 1.29 is 9.50 Å². The second-order valence-electron chi connectivity index (χ2n) is 11.7. The first-order chi connectivity index (χ1) is 20.0. The van der Waals surface area contributed by atoms with E-state index in [1.807, 2.05) is 13.0 Å². The molecular weight excluding hydrogens is 569 g/mol. The molecule has 1 aliphatic rings. The van der Waals surface area contributed by atoms with Crippen molar-refractivity contribution in [2.75, 3.05) is 24.5 Å². The van der Waals surface area contributed by atoms with Crippen molar-refractivity contribution in [3.05, 3.63) is 82.0 Å². The predicted molar refractivity (Wildman–Crippen MR) is 172 cm³/mol. The Morgan fingerprint density at radius 2 is 1.88 bits per heavy atom. The van der Waals surface area contributed by atoms with Gasteiger partial charge in [0, 0.05) is 55.4 Å². The highest BCUT2D eigenvalue weighted by Gasteiger charge is 2.25. The number of benzene rings is 2. The van der Waals surface area contributed by atoms with Gasteiger partial charge in [0.2, 0.25) is 0 Å². The van der Waals surface area contributed by atoms with Crippen LogP contribution in [-0.2, 0) is 7.05 Å². The fourth-order valence-corrected chi connectivity index (χ4v) is 6.31. The van der Waals surface area contributed by atoms with Gasteiger partial charge in [-0.1, -0.05) is 31.5 Å². The molecule has 0 spiro atoms. The predicted octanol–water partition coefficient (Wildman–Crippen LogP) is 5.31. The van der Waals surface area contributed by atoms with Crippen LogP contribution in [0.4, 0.5) is 10.1 Å². The number of aryl methyl sites for hydroxylation is 2. The van der Waals surface area contributed by atoms with Crippen LogP contribution in [0.2, 0.25) is 5.02 Å². The Kier molecular flexibility index (Phi) is 8.91. The molecule has 10 heteroatoms. The zero-order chi connectivity index (χ0) is 30.1. The summed E-state index contributed by atoms with van der Waals surface area (Å²) in [5.74, 6) is 0.116. The molecule has 1 fully saturated rings. The Bertz CT molecular complexity index is 1650. The van der Waals surface area contributed by atoms with Crippen molar-refractivity contribution in [2.24, 2.45) is 13.0 Å². The van der Waals surface area contributed by atoms with E-state index >= 15 is 4.39 Å². The molecule has 1 saturated heterocycles. The fourth-order valence-electron chi connectivity index (χ4n) is 5.72. The molecule has 1 aliphatic heterocycles. The van der Waals surface area contributed by atoms with E-state index in [0.717, 1.165) is 47.8 Å². The number of halogens is 2. The molecular formula is C32H39ClFN5O2Si. The zero-order valence-corrected chi connectivity index (χ0v) is 27.7. The van der Waals surface area contributed by atoms with Crippen LogP contribution in [0.5, 0.6) is 5.75 Å². The maximum atomic E-state index is 15.0. The Balaban J connectivity index is 1.40. The third kappa shape index (κ3) is 6.18. The lowest BCUT2D eigenvalue weighted by atomic mass is 9.97. The molecule has 0 saturated carbocycles. The van der Waals surface area contributed by atoms with Crippen molar-refractivity contribution in [3.63, 3.8) is 0 Å². The average Bonchev–Trinajstić information content (AvgIpc) is 3.56. The van der Waals surface area contributed by atoms with E-state index in [9.17, 15) is 9.90 Å². The number of nitrogens with zero attached hydrogens (tertiary/aromatic N) is 5. The number of aromatic nitrogens is 3. The minimum absolute atomic E-state index is 0.0502. The molecule has 0 amide bonds. The van der Waals surface area contributed by atoms with Crippen LogP contribution in [-0.4, -0.2) is 59.9 Å². The van der Waals surface area contributed by atoms with Crippen LogP contribution >= 0.6 is 11.6 Å². The lowest BCUT2D eigenvalue weighted by molar-refractivity contribution is 0.355. The summed E-state index contributed by atoms with van der Waals surface area (Å²) in [6, 6.07) is 10.3. The van der Waals surface area contributed by atoms with Crippen molar-refractivity contribution >= 4 is 27.7 Å². The summed E-state index contributed by atoms with van der Waals surface area (Å²) in [6.07, 6.45) is 8.55. The van der Waals surface area contributed by atoms with Gasteiger partial charge >= 0.3 is 5.69 Å². The third-order valence-corrected chi connectivity index (χ3v) is 10.3. The van der Waals surface area contributed by atoms with Gasteiger partial charge in [-0.15, -0.1) is 0 Å². The Labute approximate surface area is 254 Å². The summed E-state index contributed by atoms with van der Waals surface area (Å²) in [5.41, 5.74) is 4.09. The summed E-state index contributed by atoms with van der Waals surface area (Å²) < 4.78 is 20.4. The number of rotatable bonds is 9. The Morgan fingerprint density at radius 3 is 2.55 bits per heavy atom. The van der Waals surface area contributed by atoms with Crippen LogP contribution in [0.15, 0.2) is 59.8 Å². The number of aromatic hydroxyl groups is 1. The van der Waals surface area contributed by atoms with Gasteiger partial charge in [0.15, 0.2) is 0 Å². The maximum Gasteiger partial charge on any atom is 0.332 e. The molecule has 0 bridgehead atoms. The minimum Gasteiger partial charge on any atom is -0.507 e. The number of imidazole rings is 1. The summed E-state index contributed by atoms with van der Waals surface area (Å²) in [5, 5.41) is 11.7. The number of anilines is 1. The second-order valence-corrected chi connectivity index (χ2v) is 13.3. The number of hydrogen-bond donors (Lipinski definition) is 1. The topological polar surface area (TPSA) is 66.5 Å². The van der Waals surface area contributed by atoms with Crippen molar-refractivity contribution in [2.45, 2.75) is 46.1 Å². The van der Waals surface area contributed by atoms with E-state index in [1.54, 1.807) is 43.8 Å². The molecule has 4 aromatic rings. The van der Waals surface area contributed by atoms with E-state index in [2.05, 4.69) is 28.3 Å². The van der Waals surface area contributed by atoms with E-state index < -0.39 is 5.82 Å². The highest BCUT2D eigenvalue weighted by Crippen LogP contribution is 2.41. The fraction of sp³-hybridized carbons (Fsp3) is 0.375. The number of pyridine rings is 1. The van der Waals surface area contributed by atoms with Crippen LogP contribution in [0.25, 0.3) is 27.9 Å². The molecule has 42 heavy (non-hydrogen) atoms. The van der Waals surface area contributed by atoms with Crippen LogP contribution in [0.1, 0.15) is 38.8 Å². The highest BCUT2D eigenvalue weighted by atomic mass is 35.5. The van der Waals surface area contributed by atoms with Crippen molar-refractivity contribution in [3.8, 4) is 33.7 Å². The van der Waals surface area contributed by atoms with Gasteiger partial charge in [0.05, 0.1) is 32.5 Å². The normalized spacial score (nSPS) is 15.4. The van der Waals surface area contributed by atoms with Gasteiger partial charge < -0.3 is 19.1 Å². The van der Waals surface area contributed by atoms with Gasteiger partial charge in [-0.05, 0) is 80.6 Å². The second kappa shape index (κ2) is 12.4. The van der Waals surface area contributed by atoms with E-state index in [4.69, 9.17) is 11.6 Å². The molecule has 1 atom stereocenters. The zero-order valence-electron chi connectivity index (χ0n) is 24.9. The molecule has 3 heterocycles. The first-order valence-electron chi connectivity index (χ1n) is 14.5. The highest BCUT2D eigenvalue weighted by molar-refractivity contribution is 6.32. The first-order valence-corrected chi connectivity index (χ1v) is 15.8. The van der Waals surface area contributed by atoms with Crippen LogP contribution in [0, 0.1) is 18.7 Å². The average molecular weight is 608 g/mol. The third-order valence-electron chi connectivity index (χ3n) is 8.54. The molecule has 222 valence electrons. The summed E-state index contributed by atoms with van der Waals surface area (Å²) in [4.78, 5) is 19.4. The molecule has 0 unspecified atom stereocenters. The standard InChI is InChI=1S/C32H39ClFN5O2Si/c1-20(2)39(42)10-5-6-22-9-11-37(19-22)30-15-24(18-35-21(30)3)27-17-25(34)16-26(31(27)40)23-7-8-29(28(33)14-23)38-13-12-36(4)32(38)41/h7-8,12-18,20,22,40H,5-6,9-11,19H2,1-4,42H3/t22-/m1/s1. The van der Waals surface area contributed by atoms with Gasteiger partial charge in [-0.2, -0.15) is 0 Å².